The largest absolute Gasteiger partial charge is 0.326 e. The van der Waals surface area contributed by atoms with Crippen molar-refractivity contribution in [3.8, 4) is 0 Å². The Kier molecular flexibility index (Phi) is 8.10. The summed E-state index contributed by atoms with van der Waals surface area (Å²) in [5.74, 6) is 1.13. The van der Waals surface area contributed by atoms with E-state index in [0.29, 0.717) is 5.25 Å². The highest BCUT2D eigenvalue weighted by molar-refractivity contribution is 7.99. The normalized spacial score (nSPS) is 14.6. The Morgan fingerprint density at radius 3 is 2.37 bits per heavy atom. The van der Waals surface area contributed by atoms with Gasteiger partial charge in [0.05, 0.1) is 0 Å². The number of nitrogens with two attached hydrogens (primary N) is 1. The molecule has 108 valence electrons. The summed E-state index contributed by atoms with van der Waals surface area (Å²) in [4.78, 5) is 6.54. The molecule has 2 unspecified atom stereocenters. The number of hydrogen-bond donors (Lipinski definition) is 1. The third-order valence-electron chi connectivity index (χ3n) is 3.49. The third kappa shape index (κ3) is 5.51. The molecule has 0 amide bonds. The van der Waals surface area contributed by atoms with Gasteiger partial charge in [0.25, 0.3) is 0 Å². The van der Waals surface area contributed by atoms with Gasteiger partial charge in [0.15, 0.2) is 0 Å². The average Bonchev–Trinajstić information content (AvgIpc) is 2.48. The van der Waals surface area contributed by atoms with Gasteiger partial charge in [0, 0.05) is 36.0 Å². The summed E-state index contributed by atoms with van der Waals surface area (Å²) < 4.78 is 0. The molecule has 0 aliphatic rings. The van der Waals surface area contributed by atoms with Gasteiger partial charge in [0.1, 0.15) is 0 Å². The lowest BCUT2D eigenvalue weighted by Crippen LogP contribution is -2.29. The first kappa shape index (κ1) is 16.5. The molecule has 0 bridgehead atoms. The van der Waals surface area contributed by atoms with Crippen molar-refractivity contribution in [3.63, 3.8) is 0 Å². The van der Waals surface area contributed by atoms with Crippen LogP contribution in [0, 0.1) is 0 Å². The van der Waals surface area contributed by atoms with Crippen LogP contribution in [0.1, 0.15) is 38.0 Å². The van der Waals surface area contributed by atoms with Crippen LogP contribution in [-0.4, -0.2) is 41.3 Å². The maximum absolute atomic E-state index is 6.28. The van der Waals surface area contributed by atoms with Crippen LogP contribution in [0.25, 0.3) is 0 Å². The maximum Gasteiger partial charge on any atom is 0.0449 e. The van der Waals surface area contributed by atoms with Crippen molar-refractivity contribution in [2.75, 3.05) is 25.4 Å². The quantitative estimate of drug-likeness (QED) is 0.755. The molecular formula is C15H27N3S. The van der Waals surface area contributed by atoms with E-state index < -0.39 is 0 Å². The van der Waals surface area contributed by atoms with Gasteiger partial charge in [-0.2, -0.15) is 11.8 Å². The van der Waals surface area contributed by atoms with Crippen molar-refractivity contribution in [2.24, 2.45) is 5.73 Å². The van der Waals surface area contributed by atoms with Crippen LogP contribution in [0.2, 0.25) is 0 Å². The molecule has 19 heavy (non-hydrogen) atoms. The molecule has 3 nitrogen and oxygen atoms in total. The summed E-state index contributed by atoms with van der Waals surface area (Å²) >= 11 is 1.97. The fourth-order valence-electron chi connectivity index (χ4n) is 2.08. The number of hydrogen-bond acceptors (Lipinski definition) is 4. The SMILES string of the molecule is CCC(N)C(SCCN(CC)CC)c1ccncc1. The molecule has 0 aliphatic heterocycles. The van der Waals surface area contributed by atoms with E-state index in [9.17, 15) is 0 Å². The van der Waals surface area contributed by atoms with Gasteiger partial charge in [0.2, 0.25) is 0 Å². The van der Waals surface area contributed by atoms with Gasteiger partial charge in [-0.05, 0) is 37.2 Å². The maximum atomic E-state index is 6.28. The highest BCUT2D eigenvalue weighted by Crippen LogP contribution is 2.32. The van der Waals surface area contributed by atoms with Crippen molar-refractivity contribution < 1.29 is 0 Å². The van der Waals surface area contributed by atoms with Crippen molar-refractivity contribution in [3.05, 3.63) is 30.1 Å². The molecule has 1 aromatic rings. The van der Waals surface area contributed by atoms with Crippen LogP contribution in [0.5, 0.6) is 0 Å². The van der Waals surface area contributed by atoms with E-state index in [1.165, 1.54) is 5.56 Å². The topological polar surface area (TPSA) is 42.1 Å². The van der Waals surface area contributed by atoms with E-state index in [0.717, 1.165) is 31.8 Å². The molecule has 1 rings (SSSR count). The highest BCUT2D eigenvalue weighted by atomic mass is 32.2. The zero-order chi connectivity index (χ0) is 14.1. The molecule has 4 heteroatoms. The van der Waals surface area contributed by atoms with E-state index >= 15 is 0 Å². The number of nitrogens with zero attached hydrogens (tertiary/aromatic N) is 2. The Morgan fingerprint density at radius 1 is 1.21 bits per heavy atom. The Morgan fingerprint density at radius 2 is 1.84 bits per heavy atom. The summed E-state index contributed by atoms with van der Waals surface area (Å²) in [5.41, 5.74) is 7.58. The lowest BCUT2D eigenvalue weighted by atomic mass is 10.1. The van der Waals surface area contributed by atoms with Crippen molar-refractivity contribution >= 4 is 11.8 Å². The standard InChI is InChI=1S/C15H27N3S/c1-4-14(16)15(13-7-9-17-10-8-13)19-12-11-18(5-2)6-3/h7-10,14-15H,4-6,11-12,16H2,1-3H3. The predicted octanol–water partition coefficient (Wildman–Crippen LogP) is 2.94. The number of pyridine rings is 1. The van der Waals surface area contributed by atoms with E-state index in [2.05, 4.69) is 42.8 Å². The summed E-state index contributed by atoms with van der Waals surface area (Å²) in [7, 11) is 0. The van der Waals surface area contributed by atoms with Gasteiger partial charge in [-0.1, -0.05) is 20.8 Å². The van der Waals surface area contributed by atoms with Crippen molar-refractivity contribution in [1.82, 2.24) is 9.88 Å². The van der Waals surface area contributed by atoms with Crippen LogP contribution in [0.4, 0.5) is 0 Å². The molecule has 1 heterocycles. The van der Waals surface area contributed by atoms with E-state index in [1.807, 2.05) is 24.2 Å². The molecule has 0 fully saturated rings. The second-order valence-corrected chi connectivity index (χ2v) is 5.92. The smallest absolute Gasteiger partial charge is 0.0449 e. The first-order valence-electron chi connectivity index (χ1n) is 7.22. The summed E-state index contributed by atoms with van der Waals surface area (Å²) in [6, 6.07) is 4.39. The van der Waals surface area contributed by atoms with Crippen LogP contribution in [-0.2, 0) is 0 Å². The second kappa shape index (κ2) is 9.34. The van der Waals surface area contributed by atoms with Gasteiger partial charge in [-0.25, -0.2) is 0 Å². The van der Waals surface area contributed by atoms with Crippen LogP contribution >= 0.6 is 11.8 Å². The van der Waals surface area contributed by atoms with Crippen molar-refractivity contribution in [2.45, 2.75) is 38.5 Å². The molecular weight excluding hydrogens is 254 g/mol. The monoisotopic (exact) mass is 281 g/mol. The molecule has 0 saturated carbocycles. The molecule has 0 radical (unpaired) electrons. The van der Waals surface area contributed by atoms with Crippen molar-refractivity contribution in [1.29, 1.82) is 0 Å². The second-order valence-electron chi connectivity index (χ2n) is 4.67. The fourth-order valence-corrected chi connectivity index (χ4v) is 3.49. The Bertz CT molecular complexity index is 327. The van der Waals surface area contributed by atoms with Gasteiger partial charge in [-0.3, -0.25) is 4.98 Å². The minimum Gasteiger partial charge on any atom is -0.326 e. The van der Waals surface area contributed by atoms with Crippen LogP contribution in [0.15, 0.2) is 24.5 Å². The lowest BCUT2D eigenvalue weighted by Gasteiger charge is -2.24. The minimum atomic E-state index is 0.212. The van der Waals surface area contributed by atoms with E-state index in [-0.39, 0.29) is 6.04 Å². The van der Waals surface area contributed by atoms with Gasteiger partial charge in [-0.15, -0.1) is 0 Å². The summed E-state index contributed by atoms with van der Waals surface area (Å²) in [6.07, 6.45) is 4.72. The molecule has 2 atom stereocenters. The first-order chi connectivity index (χ1) is 9.22. The predicted molar refractivity (Wildman–Crippen MR) is 85.5 cm³/mol. The van der Waals surface area contributed by atoms with Crippen LogP contribution < -0.4 is 5.73 Å². The zero-order valence-electron chi connectivity index (χ0n) is 12.4. The average molecular weight is 281 g/mol. The molecule has 1 aromatic heterocycles. The fraction of sp³-hybridized carbons (Fsp3) is 0.667. The molecule has 0 saturated heterocycles. The molecule has 2 N–H and O–H groups in total. The number of aromatic nitrogens is 1. The summed E-state index contributed by atoms with van der Waals surface area (Å²) in [6.45, 7) is 9.96. The van der Waals surface area contributed by atoms with E-state index in [4.69, 9.17) is 5.73 Å². The molecule has 0 aromatic carbocycles. The highest BCUT2D eigenvalue weighted by Gasteiger charge is 2.18. The molecule has 0 aliphatic carbocycles. The number of rotatable bonds is 9. The van der Waals surface area contributed by atoms with Gasteiger partial charge < -0.3 is 10.6 Å². The molecule has 0 spiro atoms. The lowest BCUT2D eigenvalue weighted by molar-refractivity contribution is 0.323. The van der Waals surface area contributed by atoms with Gasteiger partial charge >= 0.3 is 0 Å². The zero-order valence-corrected chi connectivity index (χ0v) is 13.2. The summed E-state index contributed by atoms with van der Waals surface area (Å²) in [5, 5.41) is 0.378. The third-order valence-corrected chi connectivity index (χ3v) is 4.89. The number of thioether (sulfide) groups is 1. The van der Waals surface area contributed by atoms with E-state index in [1.54, 1.807) is 0 Å². The Labute approximate surface area is 122 Å². The Balaban J connectivity index is 2.56. The minimum absolute atomic E-state index is 0.212. The first-order valence-corrected chi connectivity index (χ1v) is 8.27. The van der Waals surface area contributed by atoms with Crippen LogP contribution in [0.3, 0.4) is 0 Å². The Hall–Kier alpha value is -0.580.